The molecule has 2 saturated heterocycles. The van der Waals surface area contributed by atoms with Crippen LogP contribution < -0.4 is 16.4 Å². The van der Waals surface area contributed by atoms with E-state index in [1.807, 2.05) is 64.8 Å². The van der Waals surface area contributed by atoms with Crippen LogP contribution in [0.5, 0.6) is 0 Å². The van der Waals surface area contributed by atoms with E-state index in [-0.39, 0.29) is 49.2 Å². The summed E-state index contributed by atoms with van der Waals surface area (Å²) in [7, 11) is 12.0. The van der Waals surface area contributed by atoms with E-state index in [1.165, 1.54) is 56.5 Å². The summed E-state index contributed by atoms with van der Waals surface area (Å²) in [6.07, 6.45) is 21.4. The van der Waals surface area contributed by atoms with Crippen molar-refractivity contribution >= 4 is 100 Å². The summed E-state index contributed by atoms with van der Waals surface area (Å²) in [6.45, 7) is 0.972. The predicted octanol–water partition coefficient (Wildman–Crippen LogP) is 10.1. The van der Waals surface area contributed by atoms with E-state index < -0.39 is 29.9 Å². The number of nitrogens with one attached hydrogen (secondary N) is 2. The van der Waals surface area contributed by atoms with Gasteiger partial charge >= 0.3 is 17.9 Å². The summed E-state index contributed by atoms with van der Waals surface area (Å²) in [6, 6.07) is -0.920. The van der Waals surface area contributed by atoms with Gasteiger partial charge in [0.1, 0.15) is 11.8 Å². The Kier molecular flexibility index (Phi) is 30.0. The molecule has 12 nitrogen and oxygen atoms in total. The zero-order valence-corrected chi connectivity index (χ0v) is 39.0. The summed E-state index contributed by atoms with van der Waals surface area (Å²) in [5.74, 6) is -3.86. The van der Waals surface area contributed by atoms with Gasteiger partial charge in [-0.15, -0.1) is 0 Å². The van der Waals surface area contributed by atoms with E-state index >= 15 is 0 Å². The zero-order chi connectivity index (χ0) is 42.4. The maximum absolute atomic E-state index is 12.9. The molecule has 0 aromatic rings. The number of nitrogens with two attached hydrogens (primary N) is 1. The van der Waals surface area contributed by atoms with Gasteiger partial charge in [-0.3, -0.25) is 28.8 Å². The Hall–Kier alpha value is -0.920. The molecular formula is C40H69N3O9S6. The third-order valence-electron chi connectivity index (χ3n) is 10.7. The first-order valence-electron chi connectivity index (χ1n) is 21.4. The fourth-order valence-electron chi connectivity index (χ4n) is 6.99. The smallest absolute Gasteiger partial charge is 0.320 e. The minimum Gasteiger partial charge on any atom is -0.481 e. The molecule has 2 atom stereocenters. The number of rotatable bonds is 32. The Morgan fingerprint density at radius 3 is 1.59 bits per heavy atom. The Balaban J connectivity index is 0.00000126. The van der Waals surface area contributed by atoms with Crippen molar-refractivity contribution in [2.45, 2.75) is 176 Å². The molecule has 2 heterocycles. The molecule has 3 aliphatic rings. The Bertz CT molecular complexity index is 1220. The van der Waals surface area contributed by atoms with Crippen molar-refractivity contribution in [1.29, 1.82) is 0 Å². The molecule has 7 N–H and O–H groups in total. The number of hydrogen-bond acceptors (Lipinski definition) is 13. The van der Waals surface area contributed by atoms with Gasteiger partial charge in [0.15, 0.2) is 2.74 Å². The predicted molar refractivity (Wildman–Crippen MR) is 246 cm³/mol. The van der Waals surface area contributed by atoms with Gasteiger partial charge in [0.25, 0.3) is 0 Å². The summed E-state index contributed by atoms with van der Waals surface area (Å²) >= 11 is 0. The number of carbonyl (C=O) groups excluding carboxylic acids is 3. The first-order chi connectivity index (χ1) is 27.9. The van der Waals surface area contributed by atoms with Crippen LogP contribution >= 0.6 is 64.8 Å². The molecule has 0 aromatic carbocycles. The van der Waals surface area contributed by atoms with E-state index in [2.05, 4.69) is 10.6 Å². The van der Waals surface area contributed by atoms with Crippen molar-refractivity contribution in [3.63, 3.8) is 0 Å². The molecule has 58 heavy (non-hydrogen) atoms. The second-order valence-corrected chi connectivity index (χ2v) is 25.1. The molecule has 2 aliphatic heterocycles. The van der Waals surface area contributed by atoms with Crippen LogP contribution in [0.25, 0.3) is 0 Å². The molecular weight excluding hydrogens is 859 g/mol. The lowest BCUT2D eigenvalue weighted by molar-refractivity contribution is -0.145. The van der Waals surface area contributed by atoms with Gasteiger partial charge in [-0.1, -0.05) is 120 Å². The highest BCUT2D eigenvalue weighted by atomic mass is 33.2. The second-order valence-electron chi connectivity index (χ2n) is 15.6. The highest BCUT2D eigenvalue weighted by Gasteiger charge is 2.50. The summed E-state index contributed by atoms with van der Waals surface area (Å²) in [4.78, 5) is 70.4. The molecule has 3 fully saturated rings. The zero-order valence-electron chi connectivity index (χ0n) is 34.1. The van der Waals surface area contributed by atoms with E-state index in [9.17, 15) is 33.9 Å². The number of carboxylic acids is 3. The van der Waals surface area contributed by atoms with Gasteiger partial charge in [0, 0.05) is 44.7 Å². The molecule has 334 valence electrons. The Morgan fingerprint density at radius 2 is 1.10 bits per heavy atom. The number of unbranched alkanes of at least 4 members (excludes halogenated alkanes) is 14. The highest BCUT2D eigenvalue weighted by Crippen LogP contribution is 2.83. The number of carboxylic acid groups (broad SMARTS) is 3. The van der Waals surface area contributed by atoms with Crippen molar-refractivity contribution < 1.29 is 44.1 Å². The van der Waals surface area contributed by atoms with Crippen molar-refractivity contribution in [3.8, 4) is 0 Å². The summed E-state index contributed by atoms with van der Waals surface area (Å²) in [5, 5.41) is 34.1. The van der Waals surface area contributed by atoms with Crippen molar-refractivity contribution in [1.82, 2.24) is 10.6 Å². The van der Waals surface area contributed by atoms with Crippen LogP contribution in [-0.2, 0) is 28.8 Å². The van der Waals surface area contributed by atoms with Crippen LogP contribution in [0.15, 0.2) is 0 Å². The fraction of sp³-hybridized carbons (Fsp3) is 0.850. The molecule has 18 heteroatoms. The van der Waals surface area contributed by atoms with Crippen LogP contribution in [0.3, 0.4) is 0 Å². The van der Waals surface area contributed by atoms with Gasteiger partial charge in [0.2, 0.25) is 11.8 Å². The number of ketones is 1. The average Bonchev–Trinajstić information content (AvgIpc) is 3.96. The quantitative estimate of drug-likeness (QED) is 0.0210. The van der Waals surface area contributed by atoms with Crippen molar-refractivity contribution in [2.75, 3.05) is 18.2 Å². The molecule has 0 unspecified atom stereocenters. The van der Waals surface area contributed by atoms with Crippen LogP contribution in [0.4, 0.5) is 0 Å². The van der Waals surface area contributed by atoms with Crippen molar-refractivity contribution in [2.24, 2.45) is 23.5 Å². The molecule has 2 amide bonds. The number of Topliss-reactive ketones (excluding diaryl/α,β-unsaturated/α-hetero) is 1. The lowest BCUT2D eigenvalue weighted by Crippen LogP contribution is -2.33. The molecule has 0 radical (unpaired) electrons. The minimum absolute atomic E-state index is 0.00786. The highest BCUT2D eigenvalue weighted by molar-refractivity contribution is 9.14. The number of amides is 2. The summed E-state index contributed by atoms with van der Waals surface area (Å²) in [5.41, 5.74) is 5.45. The molecule has 1 saturated carbocycles. The van der Waals surface area contributed by atoms with Crippen LogP contribution in [0.2, 0.25) is 0 Å². The van der Waals surface area contributed by atoms with Crippen molar-refractivity contribution in [3.05, 3.63) is 0 Å². The normalized spacial score (nSPS) is 19.3. The first kappa shape index (κ1) is 53.2. The van der Waals surface area contributed by atoms with E-state index in [1.54, 1.807) is 0 Å². The molecule has 3 rings (SSSR count). The molecule has 1 aliphatic carbocycles. The van der Waals surface area contributed by atoms with Gasteiger partial charge in [0.05, 0.1) is 11.0 Å². The van der Waals surface area contributed by atoms with Gasteiger partial charge in [-0.2, -0.15) is 0 Å². The molecule has 1 spiro atoms. The number of aliphatic carboxylic acids is 3. The van der Waals surface area contributed by atoms with E-state index in [4.69, 9.17) is 15.9 Å². The minimum atomic E-state index is -1.08. The topological polar surface area (TPSA) is 213 Å². The maximum atomic E-state index is 12.9. The van der Waals surface area contributed by atoms with Gasteiger partial charge in [-0.05, 0) is 91.7 Å². The molecule has 0 bridgehead atoms. The van der Waals surface area contributed by atoms with E-state index in [0.717, 1.165) is 51.4 Å². The van der Waals surface area contributed by atoms with Crippen LogP contribution in [-0.4, -0.2) is 77.8 Å². The fourth-order valence-corrected chi connectivity index (χ4v) is 20.0. The number of carbonyl (C=O) groups is 6. The van der Waals surface area contributed by atoms with Crippen LogP contribution in [0.1, 0.15) is 167 Å². The van der Waals surface area contributed by atoms with Gasteiger partial charge in [-0.25, -0.2) is 0 Å². The lowest BCUT2D eigenvalue weighted by Gasteiger charge is -2.28. The second kappa shape index (κ2) is 32.7. The van der Waals surface area contributed by atoms with E-state index in [0.29, 0.717) is 60.3 Å². The molecule has 0 aromatic heterocycles. The van der Waals surface area contributed by atoms with Crippen LogP contribution in [0, 0.1) is 17.8 Å². The lowest BCUT2D eigenvalue weighted by atomic mass is 9.78. The standard InChI is InChI=1S/C38H67N3O9.C2H2S6/c39-32(38(49)50)17-15-16-26-40-35(44)25-24-31(37(47)48)27-33(42)30-22-20-29(21-23-30)28-41-34(43)18-13-11-9-7-5-3-1-2-4-6-8-10-12-14-19-36(45)46;1-3-5-2(6-4-1)7-8-2/h29-32H,1-28,39H2,(H,40,44)(H,41,43)(H,45,46)(H,47,48)(H,49,50);1H2/t29?,30?,31-,32+;/m1./s1. The SMILES string of the molecule is C1SSC2(SS1)SS2.N[C@@H](CCCCNC(=O)CC[C@H](CC(=O)C1CCC(CNC(=O)CCCCCCCCCCCCCCCCC(=O)O)CC1)C(=O)O)C(=O)O. The first-order valence-corrected chi connectivity index (χ1v) is 28.2. The largest absolute Gasteiger partial charge is 0.481 e. The summed E-state index contributed by atoms with van der Waals surface area (Å²) < 4.78 is 0.521. The number of hydrogen-bond donors (Lipinski definition) is 6. The Labute approximate surface area is 370 Å². The monoisotopic (exact) mass is 927 g/mol. The maximum Gasteiger partial charge on any atom is 0.320 e. The Morgan fingerprint density at radius 1 is 0.586 bits per heavy atom. The van der Waals surface area contributed by atoms with Gasteiger partial charge < -0.3 is 31.7 Å². The third-order valence-corrected chi connectivity index (χ3v) is 23.6. The average molecular weight is 928 g/mol. The third kappa shape index (κ3) is 27.1.